The number of ether oxygens (including phenoxy) is 1. The molecule has 0 atom stereocenters. The summed E-state index contributed by atoms with van der Waals surface area (Å²) in [5.74, 6) is 1.05. The Bertz CT molecular complexity index is 309. The van der Waals surface area contributed by atoms with Crippen LogP contribution in [0.3, 0.4) is 0 Å². The van der Waals surface area contributed by atoms with Gasteiger partial charge in [-0.2, -0.15) is 0 Å². The Labute approximate surface area is 113 Å². The second-order valence-corrected chi connectivity index (χ2v) is 4.10. The second kappa shape index (κ2) is 8.37. The predicted molar refractivity (Wildman–Crippen MR) is 70.3 cm³/mol. The molecule has 0 bridgehead atoms. The minimum absolute atomic E-state index is 0. The molecule has 0 aromatic heterocycles. The molecule has 0 fully saturated rings. The topological polar surface area (TPSA) is 12.5 Å². The molecular formula is C14H24ClNO. The maximum atomic E-state index is 5.86. The van der Waals surface area contributed by atoms with Crippen LogP contribution in [0.15, 0.2) is 18.2 Å². The van der Waals surface area contributed by atoms with Crippen molar-refractivity contribution < 1.29 is 18.6 Å². The molecule has 2 nitrogen and oxygen atoms in total. The highest BCUT2D eigenvalue weighted by Crippen LogP contribution is 2.21. The zero-order chi connectivity index (χ0) is 12.0. The third-order valence-electron chi connectivity index (χ3n) is 2.96. The van der Waals surface area contributed by atoms with Crippen LogP contribution in [0, 0.1) is 13.8 Å². The minimum Gasteiger partial charge on any atom is -1.00 e. The predicted octanol–water partition coefficient (Wildman–Crippen LogP) is 0.141. The zero-order valence-electron chi connectivity index (χ0n) is 12.3. The number of halogens is 1. The molecule has 0 heterocycles. The first-order valence-electron chi connectivity index (χ1n) is 6.10. The lowest BCUT2D eigenvalue weighted by Crippen LogP contribution is -3.00. The SMILES string of the molecule is CCN(CC)CCOc1c(C)cccc1C.[Cl-].[H+]. The molecule has 0 amide bonds. The zero-order valence-corrected chi connectivity index (χ0v) is 12.0. The van der Waals surface area contributed by atoms with Crippen LogP contribution in [-0.2, 0) is 0 Å². The van der Waals surface area contributed by atoms with E-state index in [1.54, 1.807) is 0 Å². The molecule has 0 aliphatic rings. The van der Waals surface area contributed by atoms with Crippen LogP contribution in [0.25, 0.3) is 0 Å². The molecule has 98 valence electrons. The Morgan fingerprint density at radius 3 is 2.12 bits per heavy atom. The molecule has 17 heavy (non-hydrogen) atoms. The van der Waals surface area contributed by atoms with Gasteiger partial charge in [-0.3, -0.25) is 0 Å². The highest BCUT2D eigenvalue weighted by atomic mass is 35.5. The van der Waals surface area contributed by atoms with Gasteiger partial charge < -0.3 is 22.0 Å². The second-order valence-electron chi connectivity index (χ2n) is 4.10. The van der Waals surface area contributed by atoms with Crippen LogP contribution in [0.2, 0.25) is 0 Å². The number of para-hydroxylation sites is 1. The molecular weight excluding hydrogens is 234 g/mol. The summed E-state index contributed by atoms with van der Waals surface area (Å²) in [5, 5.41) is 0. The van der Waals surface area contributed by atoms with Gasteiger partial charge in [0.25, 0.3) is 0 Å². The van der Waals surface area contributed by atoms with E-state index in [4.69, 9.17) is 4.74 Å². The molecule has 0 spiro atoms. The first-order chi connectivity index (χ1) is 7.69. The Balaban J connectivity index is 0. The number of nitrogens with zero attached hydrogens (tertiary/aromatic N) is 1. The standard InChI is InChI=1S/C14H23NO.ClH/c1-5-15(6-2)10-11-16-14-12(3)8-7-9-13(14)4;/h7-9H,5-6,10-11H2,1-4H3;1H. The molecule has 3 heteroatoms. The van der Waals surface area contributed by atoms with Crippen molar-refractivity contribution in [3.8, 4) is 5.75 Å². The van der Waals surface area contributed by atoms with E-state index in [0.29, 0.717) is 0 Å². The minimum atomic E-state index is 0. The van der Waals surface area contributed by atoms with Gasteiger partial charge in [0.2, 0.25) is 0 Å². The number of benzene rings is 1. The number of hydrogen-bond donors (Lipinski definition) is 0. The van der Waals surface area contributed by atoms with Crippen LogP contribution in [0.1, 0.15) is 26.4 Å². The van der Waals surface area contributed by atoms with Crippen molar-refractivity contribution in [3.05, 3.63) is 29.3 Å². The van der Waals surface area contributed by atoms with E-state index in [2.05, 4.69) is 50.8 Å². The Kier molecular flexibility index (Phi) is 8.01. The normalized spacial score (nSPS) is 10.2. The summed E-state index contributed by atoms with van der Waals surface area (Å²) in [6.45, 7) is 12.5. The van der Waals surface area contributed by atoms with E-state index in [9.17, 15) is 0 Å². The number of aryl methyl sites for hydroxylation is 2. The first-order valence-corrected chi connectivity index (χ1v) is 6.10. The fourth-order valence-corrected chi connectivity index (χ4v) is 1.84. The van der Waals surface area contributed by atoms with Gasteiger partial charge in [0, 0.05) is 6.54 Å². The monoisotopic (exact) mass is 257 g/mol. The summed E-state index contributed by atoms with van der Waals surface area (Å²) in [5.41, 5.74) is 2.44. The van der Waals surface area contributed by atoms with Crippen LogP contribution in [0.5, 0.6) is 5.75 Å². The van der Waals surface area contributed by atoms with Crippen LogP contribution in [0.4, 0.5) is 0 Å². The summed E-state index contributed by atoms with van der Waals surface area (Å²) in [7, 11) is 0. The van der Waals surface area contributed by atoms with Crippen molar-refractivity contribution in [2.24, 2.45) is 0 Å². The third-order valence-corrected chi connectivity index (χ3v) is 2.96. The fraction of sp³-hybridized carbons (Fsp3) is 0.571. The fourth-order valence-electron chi connectivity index (χ4n) is 1.84. The average Bonchev–Trinajstić information content (AvgIpc) is 2.28. The summed E-state index contributed by atoms with van der Waals surface area (Å²) >= 11 is 0. The van der Waals surface area contributed by atoms with Gasteiger partial charge >= 0.3 is 1.43 Å². The van der Waals surface area contributed by atoms with Crippen LogP contribution < -0.4 is 17.1 Å². The van der Waals surface area contributed by atoms with Crippen LogP contribution in [-0.4, -0.2) is 31.1 Å². The summed E-state index contributed by atoms with van der Waals surface area (Å²) < 4.78 is 5.86. The summed E-state index contributed by atoms with van der Waals surface area (Å²) in [6, 6.07) is 6.27. The largest absolute Gasteiger partial charge is 1.00 e. The van der Waals surface area contributed by atoms with E-state index in [-0.39, 0.29) is 13.8 Å². The van der Waals surface area contributed by atoms with Gasteiger partial charge in [-0.05, 0) is 38.1 Å². The molecule has 0 N–H and O–H groups in total. The van der Waals surface area contributed by atoms with Crippen molar-refractivity contribution in [1.29, 1.82) is 0 Å². The maximum absolute atomic E-state index is 5.86. The lowest BCUT2D eigenvalue weighted by Gasteiger charge is -2.19. The van der Waals surface area contributed by atoms with Gasteiger partial charge in [0.1, 0.15) is 12.4 Å². The molecule has 1 rings (SSSR count). The molecule has 1 aromatic carbocycles. The van der Waals surface area contributed by atoms with Crippen molar-refractivity contribution in [2.45, 2.75) is 27.7 Å². The molecule has 0 aliphatic carbocycles. The quantitative estimate of drug-likeness (QED) is 0.719. The lowest BCUT2D eigenvalue weighted by atomic mass is 10.1. The molecule has 0 unspecified atom stereocenters. The molecule has 0 aliphatic heterocycles. The number of rotatable bonds is 6. The lowest BCUT2D eigenvalue weighted by molar-refractivity contribution is -0.00000395. The maximum Gasteiger partial charge on any atom is 1.00 e. The molecule has 0 saturated carbocycles. The van der Waals surface area contributed by atoms with Gasteiger partial charge in [-0.15, -0.1) is 0 Å². The summed E-state index contributed by atoms with van der Waals surface area (Å²) in [4.78, 5) is 2.37. The van der Waals surface area contributed by atoms with Crippen molar-refractivity contribution >= 4 is 0 Å². The summed E-state index contributed by atoms with van der Waals surface area (Å²) in [6.07, 6.45) is 0. The average molecular weight is 258 g/mol. The highest BCUT2D eigenvalue weighted by Gasteiger charge is 2.04. The number of likely N-dealkylation sites (N-methyl/N-ethyl adjacent to an activating group) is 1. The van der Waals surface area contributed by atoms with Crippen LogP contribution >= 0.6 is 0 Å². The van der Waals surface area contributed by atoms with Gasteiger partial charge in [0.15, 0.2) is 0 Å². The van der Waals surface area contributed by atoms with E-state index < -0.39 is 0 Å². The van der Waals surface area contributed by atoms with E-state index in [1.807, 2.05) is 0 Å². The first kappa shape index (κ1) is 16.3. The van der Waals surface area contributed by atoms with E-state index >= 15 is 0 Å². The van der Waals surface area contributed by atoms with Crippen molar-refractivity contribution in [3.63, 3.8) is 0 Å². The Morgan fingerprint density at radius 2 is 1.65 bits per heavy atom. The number of hydrogen-bond acceptors (Lipinski definition) is 2. The van der Waals surface area contributed by atoms with Gasteiger partial charge in [-0.25, -0.2) is 0 Å². The van der Waals surface area contributed by atoms with Crippen molar-refractivity contribution in [2.75, 3.05) is 26.2 Å². The van der Waals surface area contributed by atoms with Crippen molar-refractivity contribution in [1.82, 2.24) is 4.90 Å². The van der Waals surface area contributed by atoms with E-state index in [0.717, 1.165) is 32.0 Å². The molecule has 0 saturated heterocycles. The highest BCUT2D eigenvalue weighted by molar-refractivity contribution is 5.39. The van der Waals surface area contributed by atoms with Gasteiger partial charge in [-0.1, -0.05) is 32.0 Å². The molecule has 1 aromatic rings. The third kappa shape index (κ3) is 4.97. The van der Waals surface area contributed by atoms with E-state index in [1.165, 1.54) is 11.1 Å². The molecule has 0 radical (unpaired) electrons. The van der Waals surface area contributed by atoms with Gasteiger partial charge in [0.05, 0.1) is 0 Å². The smallest absolute Gasteiger partial charge is 1.00 e. The Morgan fingerprint density at radius 1 is 1.12 bits per heavy atom. The Hall–Kier alpha value is -0.730.